The van der Waals surface area contributed by atoms with Gasteiger partial charge in [0.2, 0.25) is 5.91 Å². The first-order valence-electron chi connectivity index (χ1n) is 8.07. The fourth-order valence-electron chi connectivity index (χ4n) is 2.23. The summed E-state index contributed by atoms with van der Waals surface area (Å²) in [6.07, 6.45) is 0. The quantitative estimate of drug-likeness (QED) is 0.790. The molecule has 0 bridgehead atoms. The standard InChI is InChI=1S/C18H20ClN3O4S/c1-12(2)17(23)22(3)15-8-6-14(7-9-15)20-18(24)21-27(25,26)16-10-4-13(19)5-11-16/h4-12H,1-3H3,(H2,20,21,24). The topological polar surface area (TPSA) is 95.6 Å². The van der Waals surface area contributed by atoms with Gasteiger partial charge in [0.05, 0.1) is 4.90 Å². The third kappa shape index (κ3) is 5.45. The number of amides is 3. The first-order chi connectivity index (χ1) is 12.6. The zero-order valence-electron chi connectivity index (χ0n) is 15.1. The number of hydrogen-bond acceptors (Lipinski definition) is 4. The minimum atomic E-state index is -4.01. The highest BCUT2D eigenvalue weighted by Gasteiger charge is 2.18. The number of anilines is 2. The summed E-state index contributed by atoms with van der Waals surface area (Å²) < 4.78 is 26.3. The van der Waals surface area contributed by atoms with Gasteiger partial charge in [-0.1, -0.05) is 25.4 Å². The van der Waals surface area contributed by atoms with E-state index in [0.717, 1.165) is 0 Å². The number of halogens is 1. The molecule has 0 fully saturated rings. The van der Waals surface area contributed by atoms with Gasteiger partial charge in [0.15, 0.2) is 0 Å². The van der Waals surface area contributed by atoms with E-state index in [-0.39, 0.29) is 16.7 Å². The Hall–Kier alpha value is -2.58. The molecule has 0 aliphatic heterocycles. The van der Waals surface area contributed by atoms with E-state index in [1.165, 1.54) is 29.2 Å². The van der Waals surface area contributed by atoms with Crippen LogP contribution in [0.15, 0.2) is 53.4 Å². The Morgan fingerprint density at radius 3 is 2.07 bits per heavy atom. The zero-order valence-corrected chi connectivity index (χ0v) is 16.6. The molecule has 0 unspecified atom stereocenters. The second-order valence-electron chi connectivity index (χ2n) is 6.11. The molecule has 27 heavy (non-hydrogen) atoms. The van der Waals surface area contributed by atoms with Crippen molar-refractivity contribution >= 4 is 44.9 Å². The molecule has 0 aromatic heterocycles. The maximum atomic E-state index is 12.2. The molecule has 2 rings (SSSR count). The molecule has 0 saturated heterocycles. The molecule has 0 aliphatic carbocycles. The highest BCUT2D eigenvalue weighted by molar-refractivity contribution is 7.90. The summed E-state index contributed by atoms with van der Waals surface area (Å²) in [4.78, 5) is 25.4. The molecule has 0 atom stereocenters. The van der Waals surface area contributed by atoms with Crippen molar-refractivity contribution in [3.8, 4) is 0 Å². The predicted octanol–water partition coefficient (Wildman–Crippen LogP) is 3.47. The van der Waals surface area contributed by atoms with E-state index in [4.69, 9.17) is 11.6 Å². The average molecular weight is 410 g/mol. The highest BCUT2D eigenvalue weighted by atomic mass is 35.5. The van der Waals surface area contributed by atoms with Crippen LogP contribution in [0.4, 0.5) is 16.2 Å². The van der Waals surface area contributed by atoms with Crippen LogP contribution in [-0.4, -0.2) is 27.4 Å². The third-order valence-electron chi connectivity index (χ3n) is 3.69. The Bertz CT molecular complexity index is 926. The first kappa shape index (κ1) is 20.7. The van der Waals surface area contributed by atoms with Crippen LogP contribution in [-0.2, 0) is 14.8 Å². The molecule has 9 heteroatoms. The number of urea groups is 1. The average Bonchev–Trinajstić information content (AvgIpc) is 2.60. The lowest BCUT2D eigenvalue weighted by Gasteiger charge is -2.19. The molecule has 144 valence electrons. The first-order valence-corrected chi connectivity index (χ1v) is 9.93. The van der Waals surface area contributed by atoms with Gasteiger partial charge in [0.1, 0.15) is 0 Å². The second kappa shape index (κ2) is 8.41. The van der Waals surface area contributed by atoms with Crippen LogP contribution in [0.3, 0.4) is 0 Å². The fraction of sp³-hybridized carbons (Fsp3) is 0.222. The van der Waals surface area contributed by atoms with Crippen LogP contribution < -0.4 is 14.9 Å². The largest absolute Gasteiger partial charge is 0.333 e. The summed E-state index contributed by atoms with van der Waals surface area (Å²) in [6.45, 7) is 3.61. The molecule has 0 spiro atoms. The minimum absolute atomic E-state index is 0.0393. The number of hydrogen-bond donors (Lipinski definition) is 2. The number of carbonyl (C=O) groups excluding carboxylic acids is 2. The van der Waals surface area contributed by atoms with Crippen molar-refractivity contribution in [2.75, 3.05) is 17.3 Å². The maximum Gasteiger partial charge on any atom is 0.333 e. The molecule has 0 radical (unpaired) electrons. The van der Waals surface area contributed by atoms with Gasteiger partial charge in [-0.2, -0.15) is 0 Å². The zero-order chi connectivity index (χ0) is 20.2. The smallest absolute Gasteiger partial charge is 0.315 e. The molecular weight excluding hydrogens is 390 g/mol. The summed E-state index contributed by atoms with van der Waals surface area (Å²) >= 11 is 5.73. The number of nitrogens with one attached hydrogen (secondary N) is 2. The lowest BCUT2D eigenvalue weighted by molar-refractivity contribution is -0.121. The molecule has 0 aliphatic rings. The molecule has 2 N–H and O–H groups in total. The van der Waals surface area contributed by atoms with E-state index in [0.29, 0.717) is 16.4 Å². The van der Waals surface area contributed by atoms with E-state index < -0.39 is 16.1 Å². The summed E-state index contributed by atoms with van der Waals surface area (Å²) in [5.41, 5.74) is 1.04. The van der Waals surface area contributed by atoms with Crippen molar-refractivity contribution < 1.29 is 18.0 Å². The molecule has 3 amide bonds. The van der Waals surface area contributed by atoms with Gasteiger partial charge in [-0.25, -0.2) is 17.9 Å². The fourth-order valence-corrected chi connectivity index (χ4v) is 3.27. The van der Waals surface area contributed by atoms with E-state index in [1.54, 1.807) is 45.2 Å². The van der Waals surface area contributed by atoms with E-state index in [9.17, 15) is 18.0 Å². The van der Waals surface area contributed by atoms with Crippen LogP contribution in [0, 0.1) is 5.92 Å². The molecule has 2 aromatic rings. The Balaban J connectivity index is 2.03. The Morgan fingerprint density at radius 1 is 1.00 bits per heavy atom. The van der Waals surface area contributed by atoms with Crippen molar-refractivity contribution in [3.63, 3.8) is 0 Å². The minimum Gasteiger partial charge on any atom is -0.315 e. The number of nitrogens with zero attached hydrogens (tertiary/aromatic N) is 1. The molecule has 2 aromatic carbocycles. The molecular formula is C18H20ClN3O4S. The van der Waals surface area contributed by atoms with Crippen molar-refractivity contribution in [1.29, 1.82) is 0 Å². The van der Waals surface area contributed by atoms with Crippen LogP contribution in [0.5, 0.6) is 0 Å². The SMILES string of the molecule is CC(C)C(=O)N(C)c1ccc(NC(=O)NS(=O)(=O)c2ccc(Cl)cc2)cc1. The van der Waals surface area contributed by atoms with E-state index >= 15 is 0 Å². The van der Waals surface area contributed by atoms with Gasteiger partial charge in [0.25, 0.3) is 10.0 Å². The van der Waals surface area contributed by atoms with Gasteiger partial charge < -0.3 is 10.2 Å². The van der Waals surface area contributed by atoms with Crippen LogP contribution in [0.2, 0.25) is 5.02 Å². The van der Waals surface area contributed by atoms with Crippen LogP contribution >= 0.6 is 11.6 Å². The predicted molar refractivity (Wildman–Crippen MR) is 105 cm³/mol. The van der Waals surface area contributed by atoms with E-state index in [2.05, 4.69) is 5.32 Å². The number of sulfonamides is 1. The molecule has 0 saturated carbocycles. The number of rotatable bonds is 5. The summed E-state index contributed by atoms with van der Waals surface area (Å²) in [6, 6.07) is 11.0. The van der Waals surface area contributed by atoms with Crippen LogP contribution in [0.25, 0.3) is 0 Å². The maximum absolute atomic E-state index is 12.2. The van der Waals surface area contributed by atoms with Crippen molar-refractivity contribution in [2.45, 2.75) is 18.7 Å². The summed E-state index contributed by atoms with van der Waals surface area (Å²) in [5, 5.41) is 2.83. The second-order valence-corrected chi connectivity index (χ2v) is 8.23. The Labute approximate surface area is 163 Å². The van der Waals surface area contributed by atoms with Crippen molar-refractivity contribution in [2.24, 2.45) is 5.92 Å². The van der Waals surface area contributed by atoms with Gasteiger partial charge in [-0.3, -0.25) is 4.79 Å². The summed E-state index contributed by atoms with van der Waals surface area (Å²) in [5.74, 6) is -0.181. The van der Waals surface area contributed by atoms with E-state index in [1.807, 2.05) is 4.72 Å². The lowest BCUT2D eigenvalue weighted by atomic mass is 10.2. The van der Waals surface area contributed by atoms with Crippen molar-refractivity contribution in [3.05, 3.63) is 53.6 Å². The normalized spacial score (nSPS) is 11.1. The Morgan fingerprint density at radius 2 is 1.56 bits per heavy atom. The van der Waals surface area contributed by atoms with Gasteiger partial charge in [-0.15, -0.1) is 0 Å². The molecule has 0 heterocycles. The van der Waals surface area contributed by atoms with Crippen molar-refractivity contribution in [1.82, 2.24) is 4.72 Å². The monoisotopic (exact) mass is 409 g/mol. The van der Waals surface area contributed by atoms with Gasteiger partial charge >= 0.3 is 6.03 Å². The third-order valence-corrected chi connectivity index (χ3v) is 5.29. The van der Waals surface area contributed by atoms with Gasteiger partial charge in [-0.05, 0) is 48.5 Å². The van der Waals surface area contributed by atoms with Gasteiger partial charge in [0, 0.05) is 29.4 Å². The molecule has 7 nitrogen and oxygen atoms in total. The number of benzene rings is 2. The lowest BCUT2D eigenvalue weighted by Crippen LogP contribution is -2.34. The highest BCUT2D eigenvalue weighted by Crippen LogP contribution is 2.19. The summed E-state index contributed by atoms with van der Waals surface area (Å²) in [7, 11) is -2.35. The van der Waals surface area contributed by atoms with Crippen LogP contribution in [0.1, 0.15) is 13.8 Å². The number of carbonyl (C=O) groups is 2. The Kier molecular flexibility index (Phi) is 6.45.